The number of nitrogens with one attached hydrogen (secondary N) is 2. The molecule has 1 heterocycles. The second kappa shape index (κ2) is 7.03. The van der Waals surface area contributed by atoms with Gasteiger partial charge < -0.3 is 10.6 Å². The van der Waals surface area contributed by atoms with Crippen LogP contribution in [0.5, 0.6) is 0 Å². The molecule has 1 aliphatic heterocycles. The fourth-order valence-corrected chi connectivity index (χ4v) is 2.89. The monoisotopic (exact) mass is 325 g/mol. The standard InChI is InChI=1S/C14H20BrN3O/c1-11(12-4-2-3-5-13(12)15)17-14(19)10-18-8-6-16-7-9-18/h2-5,11,16H,6-10H2,1H3,(H,17,19). The van der Waals surface area contributed by atoms with E-state index in [2.05, 4.69) is 31.5 Å². The SMILES string of the molecule is CC(NC(=O)CN1CCNCC1)c1ccccc1Br. The third-order valence-corrected chi connectivity index (χ3v) is 4.05. The zero-order valence-corrected chi connectivity index (χ0v) is 12.7. The molecule has 0 radical (unpaired) electrons. The summed E-state index contributed by atoms with van der Waals surface area (Å²) in [6.07, 6.45) is 0. The minimum atomic E-state index is 0.0194. The second-order valence-electron chi connectivity index (χ2n) is 4.84. The highest BCUT2D eigenvalue weighted by atomic mass is 79.9. The lowest BCUT2D eigenvalue weighted by atomic mass is 10.1. The van der Waals surface area contributed by atoms with Crippen LogP contribution in [0.3, 0.4) is 0 Å². The lowest BCUT2D eigenvalue weighted by molar-refractivity contribution is -0.123. The van der Waals surface area contributed by atoms with Crippen LogP contribution >= 0.6 is 15.9 Å². The molecule has 5 heteroatoms. The smallest absolute Gasteiger partial charge is 0.234 e. The number of hydrogen-bond acceptors (Lipinski definition) is 3. The molecule has 0 saturated carbocycles. The molecule has 1 fully saturated rings. The number of carbonyl (C=O) groups excluding carboxylic acids is 1. The van der Waals surface area contributed by atoms with Gasteiger partial charge in [-0.2, -0.15) is 0 Å². The normalized spacial score (nSPS) is 18.0. The average Bonchev–Trinajstić information content (AvgIpc) is 2.40. The van der Waals surface area contributed by atoms with E-state index in [1.807, 2.05) is 31.2 Å². The Balaban J connectivity index is 1.86. The molecule has 1 atom stereocenters. The van der Waals surface area contributed by atoms with E-state index in [0.717, 1.165) is 36.2 Å². The van der Waals surface area contributed by atoms with Gasteiger partial charge >= 0.3 is 0 Å². The van der Waals surface area contributed by atoms with Crippen LogP contribution in [-0.4, -0.2) is 43.5 Å². The van der Waals surface area contributed by atoms with Gasteiger partial charge in [-0.05, 0) is 18.6 Å². The van der Waals surface area contributed by atoms with Crippen molar-refractivity contribution in [2.45, 2.75) is 13.0 Å². The summed E-state index contributed by atoms with van der Waals surface area (Å²) in [4.78, 5) is 14.2. The highest BCUT2D eigenvalue weighted by molar-refractivity contribution is 9.10. The summed E-state index contributed by atoms with van der Waals surface area (Å²) >= 11 is 3.52. The molecule has 1 saturated heterocycles. The number of piperazine rings is 1. The number of nitrogens with zero attached hydrogens (tertiary/aromatic N) is 1. The Morgan fingerprint density at radius 3 is 2.79 bits per heavy atom. The number of benzene rings is 1. The molecule has 2 N–H and O–H groups in total. The van der Waals surface area contributed by atoms with Crippen LogP contribution in [0.15, 0.2) is 28.7 Å². The summed E-state index contributed by atoms with van der Waals surface area (Å²) in [5, 5.41) is 6.34. The maximum Gasteiger partial charge on any atom is 0.234 e. The summed E-state index contributed by atoms with van der Waals surface area (Å²) in [5.74, 6) is 0.0881. The first-order valence-electron chi connectivity index (χ1n) is 6.63. The van der Waals surface area contributed by atoms with Crippen LogP contribution in [0.2, 0.25) is 0 Å². The van der Waals surface area contributed by atoms with Gasteiger partial charge in [-0.25, -0.2) is 0 Å². The van der Waals surface area contributed by atoms with Gasteiger partial charge in [-0.1, -0.05) is 34.1 Å². The molecule has 19 heavy (non-hydrogen) atoms. The van der Waals surface area contributed by atoms with Crippen molar-refractivity contribution in [2.24, 2.45) is 0 Å². The van der Waals surface area contributed by atoms with E-state index in [0.29, 0.717) is 6.54 Å². The first-order valence-corrected chi connectivity index (χ1v) is 7.43. The van der Waals surface area contributed by atoms with Gasteiger partial charge in [0, 0.05) is 30.7 Å². The molecule has 4 nitrogen and oxygen atoms in total. The number of hydrogen-bond donors (Lipinski definition) is 2. The van der Waals surface area contributed by atoms with Crippen molar-refractivity contribution in [3.63, 3.8) is 0 Å². The first-order chi connectivity index (χ1) is 9.16. The molecular formula is C14H20BrN3O. The van der Waals surface area contributed by atoms with Gasteiger partial charge in [0.2, 0.25) is 5.91 Å². The van der Waals surface area contributed by atoms with Crippen molar-refractivity contribution in [3.05, 3.63) is 34.3 Å². The van der Waals surface area contributed by atoms with E-state index in [1.165, 1.54) is 0 Å². The molecule has 0 bridgehead atoms. The first kappa shape index (κ1) is 14.5. The van der Waals surface area contributed by atoms with Gasteiger partial charge in [0.25, 0.3) is 0 Å². The molecule has 1 amide bonds. The molecule has 1 unspecified atom stereocenters. The van der Waals surface area contributed by atoms with E-state index >= 15 is 0 Å². The molecule has 0 spiro atoms. The summed E-state index contributed by atoms with van der Waals surface area (Å²) in [7, 11) is 0. The Kier molecular flexibility index (Phi) is 5.36. The average molecular weight is 326 g/mol. The molecule has 0 aromatic heterocycles. The fourth-order valence-electron chi connectivity index (χ4n) is 2.26. The van der Waals surface area contributed by atoms with Gasteiger partial charge in [0.1, 0.15) is 0 Å². The maximum absolute atomic E-state index is 12.0. The van der Waals surface area contributed by atoms with Crippen LogP contribution in [0, 0.1) is 0 Å². The minimum Gasteiger partial charge on any atom is -0.348 e. The summed E-state index contributed by atoms with van der Waals surface area (Å²) in [6, 6.07) is 8.00. The summed E-state index contributed by atoms with van der Waals surface area (Å²) in [6.45, 7) is 6.31. The highest BCUT2D eigenvalue weighted by Crippen LogP contribution is 2.22. The lowest BCUT2D eigenvalue weighted by Gasteiger charge is -2.27. The number of amides is 1. The van der Waals surface area contributed by atoms with Crippen LogP contribution < -0.4 is 10.6 Å². The predicted octanol–water partition coefficient (Wildman–Crippen LogP) is 1.53. The number of halogens is 1. The summed E-state index contributed by atoms with van der Waals surface area (Å²) < 4.78 is 1.03. The van der Waals surface area contributed by atoms with Gasteiger partial charge in [-0.15, -0.1) is 0 Å². The maximum atomic E-state index is 12.0. The third kappa shape index (κ3) is 4.30. The van der Waals surface area contributed by atoms with Crippen LogP contribution in [0.1, 0.15) is 18.5 Å². The zero-order chi connectivity index (χ0) is 13.7. The molecular weight excluding hydrogens is 306 g/mol. The van der Waals surface area contributed by atoms with Crippen LogP contribution in [0.25, 0.3) is 0 Å². The Labute approximate surface area is 122 Å². The third-order valence-electron chi connectivity index (χ3n) is 3.33. The number of carbonyl (C=O) groups is 1. The Morgan fingerprint density at radius 2 is 2.11 bits per heavy atom. The van der Waals surface area contributed by atoms with E-state index < -0.39 is 0 Å². The van der Waals surface area contributed by atoms with Crippen molar-refractivity contribution in [2.75, 3.05) is 32.7 Å². The highest BCUT2D eigenvalue weighted by Gasteiger charge is 2.16. The molecule has 0 aliphatic carbocycles. The van der Waals surface area contributed by atoms with Gasteiger partial charge in [0.15, 0.2) is 0 Å². The van der Waals surface area contributed by atoms with E-state index in [-0.39, 0.29) is 11.9 Å². The van der Waals surface area contributed by atoms with E-state index in [1.54, 1.807) is 0 Å². The van der Waals surface area contributed by atoms with E-state index in [9.17, 15) is 4.79 Å². The quantitative estimate of drug-likeness (QED) is 0.882. The van der Waals surface area contributed by atoms with Gasteiger partial charge in [-0.3, -0.25) is 9.69 Å². The molecule has 2 rings (SSSR count). The van der Waals surface area contributed by atoms with Gasteiger partial charge in [0.05, 0.1) is 12.6 Å². The lowest BCUT2D eigenvalue weighted by Crippen LogP contribution is -2.47. The summed E-state index contributed by atoms with van der Waals surface area (Å²) in [5.41, 5.74) is 1.11. The Hall–Kier alpha value is -0.910. The van der Waals surface area contributed by atoms with Crippen molar-refractivity contribution in [1.29, 1.82) is 0 Å². The molecule has 1 aromatic rings. The van der Waals surface area contributed by atoms with E-state index in [4.69, 9.17) is 0 Å². The fraction of sp³-hybridized carbons (Fsp3) is 0.500. The number of rotatable bonds is 4. The molecule has 104 valence electrons. The predicted molar refractivity (Wildman–Crippen MR) is 80.0 cm³/mol. The van der Waals surface area contributed by atoms with Crippen molar-refractivity contribution in [1.82, 2.24) is 15.5 Å². The Morgan fingerprint density at radius 1 is 1.42 bits per heavy atom. The largest absolute Gasteiger partial charge is 0.348 e. The minimum absolute atomic E-state index is 0.0194. The topological polar surface area (TPSA) is 44.4 Å². The molecule has 1 aliphatic rings. The second-order valence-corrected chi connectivity index (χ2v) is 5.69. The van der Waals surface area contributed by atoms with Crippen LogP contribution in [-0.2, 0) is 4.79 Å². The zero-order valence-electron chi connectivity index (χ0n) is 11.2. The van der Waals surface area contributed by atoms with Crippen molar-refractivity contribution in [3.8, 4) is 0 Å². The Bertz CT molecular complexity index is 432. The molecule has 1 aromatic carbocycles. The van der Waals surface area contributed by atoms with Crippen molar-refractivity contribution < 1.29 is 4.79 Å². The van der Waals surface area contributed by atoms with Crippen LogP contribution in [0.4, 0.5) is 0 Å². The van der Waals surface area contributed by atoms with Crippen molar-refractivity contribution >= 4 is 21.8 Å².